The third-order valence-electron chi connectivity index (χ3n) is 4.38. The summed E-state index contributed by atoms with van der Waals surface area (Å²) in [4.78, 5) is 28.2. The molecule has 0 saturated heterocycles. The molecule has 2 amide bonds. The Kier molecular flexibility index (Phi) is 4.85. The average Bonchev–Trinajstić information content (AvgIpc) is 2.73. The summed E-state index contributed by atoms with van der Waals surface area (Å²) in [6.07, 6.45) is 2.78. The number of benzene rings is 2. The molecule has 4 rings (SSSR count). The molecule has 3 aromatic rings. The summed E-state index contributed by atoms with van der Waals surface area (Å²) in [6.45, 7) is 0. The minimum Gasteiger partial charge on any atom is -0.326 e. The van der Waals surface area contributed by atoms with Gasteiger partial charge < -0.3 is 10.6 Å². The second-order valence-electron chi connectivity index (χ2n) is 6.42. The van der Waals surface area contributed by atoms with Crippen LogP contribution < -0.4 is 10.6 Å². The highest BCUT2D eigenvalue weighted by molar-refractivity contribution is 6.05. The van der Waals surface area contributed by atoms with E-state index in [9.17, 15) is 9.59 Å². The van der Waals surface area contributed by atoms with Crippen LogP contribution in [0.25, 0.3) is 0 Å². The molecule has 2 aromatic carbocycles. The molecule has 2 N–H and O–H groups in total. The molecule has 1 aliphatic heterocycles. The number of amides is 2. The number of pyridine rings is 1. The Bertz CT molecular complexity index is 1110. The van der Waals surface area contributed by atoms with Gasteiger partial charge in [-0.1, -0.05) is 18.1 Å². The Balaban J connectivity index is 1.49. The van der Waals surface area contributed by atoms with Gasteiger partial charge in [0, 0.05) is 35.1 Å². The van der Waals surface area contributed by atoms with Crippen LogP contribution in [-0.4, -0.2) is 16.8 Å². The lowest BCUT2D eigenvalue weighted by Gasteiger charge is -2.17. The smallest absolute Gasteiger partial charge is 0.255 e. The summed E-state index contributed by atoms with van der Waals surface area (Å²) in [7, 11) is 0. The maximum atomic E-state index is 12.6. The molecule has 0 aliphatic carbocycles. The molecule has 0 fully saturated rings. The van der Waals surface area contributed by atoms with Crippen molar-refractivity contribution in [1.29, 1.82) is 0 Å². The van der Waals surface area contributed by atoms with E-state index in [4.69, 9.17) is 0 Å². The van der Waals surface area contributed by atoms with Gasteiger partial charge in [-0.25, -0.2) is 4.98 Å². The van der Waals surface area contributed by atoms with Gasteiger partial charge in [-0.05, 0) is 66.4 Å². The molecule has 0 radical (unpaired) electrons. The van der Waals surface area contributed by atoms with Crippen molar-refractivity contribution in [1.82, 2.24) is 4.98 Å². The SMILES string of the molecule is O=C1CCc2cc(C(=O)Nc3cccc(C#Cc4ccccn4)c3)ccc2N1. The molecule has 1 aliphatic rings. The molecule has 28 heavy (non-hydrogen) atoms. The number of hydrogen-bond donors (Lipinski definition) is 2. The average molecular weight is 367 g/mol. The second kappa shape index (κ2) is 7.77. The van der Waals surface area contributed by atoms with E-state index in [2.05, 4.69) is 27.5 Å². The van der Waals surface area contributed by atoms with Crippen LogP contribution in [0, 0.1) is 11.8 Å². The van der Waals surface area contributed by atoms with Crippen LogP contribution >= 0.6 is 0 Å². The highest BCUT2D eigenvalue weighted by Crippen LogP contribution is 2.24. The number of carbonyl (C=O) groups excluding carboxylic acids is 2. The number of nitrogens with zero attached hydrogens (tertiary/aromatic N) is 1. The number of rotatable bonds is 2. The summed E-state index contributed by atoms with van der Waals surface area (Å²) >= 11 is 0. The van der Waals surface area contributed by atoms with E-state index in [1.807, 2.05) is 48.5 Å². The summed E-state index contributed by atoms with van der Waals surface area (Å²) in [5.41, 5.74) is 4.46. The van der Waals surface area contributed by atoms with Crippen LogP contribution in [0.3, 0.4) is 0 Å². The van der Waals surface area contributed by atoms with E-state index in [1.54, 1.807) is 18.3 Å². The number of hydrogen-bond acceptors (Lipinski definition) is 3. The zero-order valence-electron chi connectivity index (χ0n) is 15.0. The van der Waals surface area contributed by atoms with Crippen molar-refractivity contribution in [2.24, 2.45) is 0 Å². The van der Waals surface area contributed by atoms with E-state index in [-0.39, 0.29) is 11.8 Å². The quantitative estimate of drug-likeness (QED) is 0.680. The van der Waals surface area contributed by atoms with Gasteiger partial charge in [0.15, 0.2) is 0 Å². The van der Waals surface area contributed by atoms with E-state index < -0.39 is 0 Å². The number of carbonyl (C=O) groups is 2. The molecule has 1 aromatic heterocycles. The molecule has 0 atom stereocenters. The summed E-state index contributed by atoms with van der Waals surface area (Å²) in [5, 5.41) is 5.72. The Morgan fingerprint density at radius 3 is 2.79 bits per heavy atom. The van der Waals surface area contributed by atoms with Gasteiger partial charge >= 0.3 is 0 Å². The summed E-state index contributed by atoms with van der Waals surface area (Å²) < 4.78 is 0. The lowest BCUT2D eigenvalue weighted by atomic mass is 10.00. The molecule has 5 nitrogen and oxygen atoms in total. The number of aromatic nitrogens is 1. The zero-order chi connectivity index (χ0) is 19.3. The molecular formula is C23H17N3O2. The Morgan fingerprint density at radius 2 is 1.93 bits per heavy atom. The minimum atomic E-state index is -0.200. The third kappa shape index (κ3) is 4.08. The molecule has 0 unspecified atom stereocenters. The van der Waals surface area contributed by atoms with Crippen LogP contribution in [0.15, 0.2) is 66.9 Å². The minimum absolute atomic E-state index is 0.00771. The first-order valence-corrected chi connectivity index (χ1v) is 8.95. The number of aryl methyl sites for hydroxylation is 1. The monoisotopic (exact) mass is 367 g/mol. The molecule has 0 spiro atoms. The largest absolute Gasteiger partial charge is 0.326 e. The van der Waals surface area contributed by atoms with E-state index in [0.717, 1.165) is 16.8 Å². The van der Waals surface area contributed by atoms with Crippen LogP contribution in [0.1, 0.15) is 33.6 Å². The first-order valence-electron chi connectivity index (χ1n) is 8.95. The Morgan fingerprint density at radius 1 is 1.00 bits per heavy atom. The number of fused-ring (bicyclic) bond motifs is 1. The number of anilines is 2. The first kappa shape index (κ1) is 17.5. The fraction of sp³-hybridized carbons (Fsp3) is 0.0870. The van der Waals surface area contributed by atoms with Crippen molar-refractivity contribution in [3.8, 4) is 11.8 Å². The first-order chi connectivity index (χ1) is 13.7. The van der Waals surface area contributed by atoms with Crippen molar-refractivity contribution in [2.75, 3.05) is 10.6 Å². The molecule has 0 saturated carbocycles. The summed E-state index contributed by atoms with van der Waals surface area (Å²) in [5.74, 6) is 5.87. The molecule has 0 bridgehead atoms. The highest BCUT2D eigenvalue weighted by atomic mass is 16.2. The van der Waals surface area contributed by atoms with Crippen LogP contribution in [0.2, 0.25) is 0 Å². The van der Waals surface area contributed by atoms with Crippen LogP contribution in [-0.2, 0) is 11.2 Å². The van der Waals surface area contributed by atoms with Crippen LogP contribution in [0.4, 0.5) is 11.4 Å². The third-order valence-corrected chi connectivity index (χ3v) is 4.38. The predicted molar refractivity (Wildman–Crippen MR) is 108 cm³/mol. The molecule has 136 valence electrons. The molecule has 5 heteroatoms. The lowest BCUT2D eigenvalue weighted by Crippen LogP contribution is -2.20. The van der Waals surface area contributed by atoms with Crippen molar-refractivity contribution in [3.05, 3.63) is 89.2 Å². The van der Waals surface area contributed by atoms with Gasteiger partial charge in [0.25, 0.3) is 5.91 Å². The standard InChI is InChI=1S/C23H17N3O2/c27-22-12-9-17-15-18(8-11-21(17)26-22)23(28)25-20-6-3-4-16(14-20)7-10-19-5-1-2-13-24-19/h1-6,8,11,13-15H,9,12H2,(H,25,28)(H,26,27). The van der Waals surface area contributed by atoms with Gasteiger partial charge in [0.1, 0.15) is 5.69 Å². The predicted octanol–water partition coefficient (Wildman–Crippen LogP) is 3.62. The van der Waals surface area contributed by atoms with Gasteiger partial charge in [-0.3, -0.25) is 9.59 Å². The second-order valence-corrected chi connectivity index (χ2v) is 6.42. The van der Waals surface area contributed by atoms with Gasteiger partial charge in [-0.2, -0.15) is 0 Å². The fourth-order valence-corrected chi connectivity index (χ4v) is 2.98. The normalized spacial score (nSPS) is 12.2. The maximum absolute atomic E-state index is 12.6. The maximum Gasteiger partial charge on any atom is 0.255 e. The van der Waals surface area contributed by atoms with Crippen molar-refractivity contribution in [3.63, 3.8) is 0 Å². The molecular weight excluding hydrogens is 350 g/mol. The van der Waals surface area contributed by atoms with Crippen molar-refractivity contribution in [2.45, 2.75) is 12.8 Å². The van der Waals surface area contributed by atoms with Crippen molar-refractivity contribution >= 4 is 23.2 Å². The van der Waals surface area contributed by atoms with E-state index in [1.165, 1.54) is 0 Å². The van der Waals surface area contributed by atoms with E-state index in [0.29, 0.717) is 29.8 Å². The zero-order valence-corrected chi connectivity index (χ0v) is 15.0. The number of nitrogens with one attached hydrogen (secondary N) is 2. The topological polar surface area (TPSA) is 71.1 Å². The summed E-state index contributed by atoms with van der Waals surface area (Å²) in [6, 6.07) is 18.3. The Labute approximate surface area is 162 Å². The van der Waals surface area contributed by atoms with Gasteiger partial charge in [0.05, 0.1) is 0 Å². The lowest BCUT2D eigenvalue weighted by molar-refractivity contribution is -0.116. The van der Waals surface area contributed by atoms with Crippen LogP contribution in [0.5, 0.6) is 0 Å². The fourth-order valence-electron chi connectivity index (χ4n) is 2.98. The van der Waals surface area contributed by atoms with E-state index >= 15 is 0 Å². The van der Waals surface area contributed by atoms with Gasteiger partial charge in [0.2, 0.25) is 5.91 Å². The van der Waals surface area contributed by atoms with Crippen molar-refractivity contribution < 1.29 is 9.59 Å². The Hall–Kier alpha value is -3.91. The van der Waals surface area contributed by atoms with Gasteiger partial charge in [-0.15, -0.1) is 0 Å². The highest BCUT2D eigenvalue weighted by Gasteiger charge is 2.16. The molecule has 2 heterocycles.